The highest BCUT2D eigenvalue weighted by Gasteiger charge is 2.19. The fraction of sp³-hybridized carbons (Fsp3) is 0.0909. The number of nitrogens with zero attached hydrogens (tertiary/aromatic N) is 5. The molecule has 0 saturated carbocycles. The van der Waals surface area contributed by atoms with E-state index < -0.39 is 0 Å². The molecule has 3 heterocycles. The standard InChI is InChI=1S/C22H16BrN5O2S/c23-18-12-11-17(29-18)20-25-27-22(28(20)13-15-7-3-1-4-8-15)31-14-19-24-26-21(30-19)16-9-5-2-6-10-16/h1-12H,13-14H2. The van der Waals surface area contributed by atoms with Crippen molar-refractivity contribution in [1.82, 2.24) is 25.0 Å². The molecule has 154 valence electrons. The van der Waals surface area contributed by atoms with E-state index in [9.17, 15) is 0 Å². The molecule has 0 aliphatic rings. The average Bonchev–Trinajstić information content (AvgIpc) is 3.54. The highest BCUT2D eigenvalue weighted by molar-refractivity contribution is 9.10. The van der Waals surface area contributed by atoms with Crippen LogP contribution in [0.4, 0.5) is 0 Å². The van der Waals surface area contributed by atoms with Gasteiger partial charge in [-0.3, -0.25) is 4.57 Å². The molecule has 0 fully saturated rings. The number of thioether (sulfide) groups is 1. The first-order valence-electron chi connectivity index (χ1n) is 9.50. The van der Waals surface area contributed by atoms with E-state index >= 15 is 0 Å². The zero-order valence-electron chi connectivity index (χ0n) is 16.2. The molecule has 0 radical (unpaired) electrons. The van der Waals surface area contributed by atoms with Crippen molar-refractivity contribution in [2.75, 3.05) is 0 Å². The number of hydrogen-bond acceptors (Lipinski definition) is 7. The van der Waals surface area contributed by atoms with E-state index in [1.165, 1.54) is 11.8 Å². The number of rotatable bonds is 7. The monoisotopic (exact) mass is 493 g/mol. The predicted octanol–water partition coefficient (Wildman–Crippen LogP) is 5.69. The minimum atomic E-state index is 0.481. The second kappa shape index (κ2) is 8.91. The van der Waals surface area contributed by atoms with E-state index in [0.717, 1.165) is 16.3 Å². The SMILES string of the molecule is Brc1ccc(-c2nnc(SCc3nnc(-c4ccccc4)o3)n2Cc2ccccc2)o1. The van der Waals surface area contributed by atoms with Gasteiger partial charge < -0.3 is 8.83 Å². The first kappa shape index (κ1) is 19.8. The molecule has 0 aliphatic heterocycles. The third-order valence-electron chi connectivity index (χ3n) is 4.51. The Hall–Kier alpha value is -3.17. The highest BCUT2D eigenvalue weighted by Crippen LogP contribution is 2.30. The summed E-state index contributed by atoms with van der Waals surface area (Å²) in [4.78, 5) is 0. The molecule has 0 atom stereocenters. The largest absolute Gasteiger partial charge is 0.446 e. The topological polar surface area (TPSA) is 82.8 Å². The lowest BCUT2D eigenvalue weighted by Gasteiger charge is -2.08. The Morgan fingerprint density at radius 2 is 1.58 bits per heavy atom. The van der Waals surface area contributed by atoms with Crippen molar-refractivity contribution in [2.24, 2.45) is 0 Å². The van der Waals surface area contributed by atoms with Gasteiger partial charge in [-0.1, -0.05) is 60.3 Å². The molecule has 5 rings (SSSR count). The second-order valence-corrected chi connectivity index (χ2v) is 8.36. The van der Waals surface area contributed by atoms with Gasteiger partial charge >= 0.3 is 0 Å². The Morgan fingerprint density at radius 1 is 0.806 bits per heavy atom. The van der Waals surface area contributed by atoms with Crippen LogP contribution in [0.15, 0.2) is 91.5 Å². The molecule has 0 amide bonds. The molecule has 9 heteroatoms. The van der Waals surface area contributed by atoms with Crippen molar-refractivity contribution >= 4 is 27.7 Å². The van der Waals surface area contributed by atoms with E-state index in [1.54, 1.807) is 0 Å². The van der Waals surface area contributed by atoms with Crippen LogP contribution in [0, 0.1) is 0 Å². The lowest BCUT2D eigenvalue weighted by Crippen LogP contribution is -2.04. The van der Waals surface area contributed by atoms with Crippen LogP contribution in [-0.2, 0) is 12.3 Å². The van der Waals surface area contributed by atoms with Gasteiger partial charge in [-0.2, -0.15) is 0 Å². The van der Waals surface area contributed by atoms with Gasteiger partial charge in [-0.05, 0) is 45.8 Å². The van der Waals surface area contributed by atoms with E-state index in [2.05, 4.69) is 48.5 Å². The maximum atomic E-state index is 5.82. The van der Waals surface area contributed by atoms with E-state index in [-0.39, 0.29) is 0 Å². The summed E-state index contributed by atoms with van der Waals surface area (Å²) in [5, 5.41) is 17.8. The number of halogens is 1. The maximum absolute atomic E-state index is 5.82. The molecule has 2 aromatic carbocycles. The normalized spacial score (nSPS) is 11.1. The summed E-state index contributed by atoms with van der Waals surface area (Å²) in [6, 6.07) is 23.6. The fourth-order valence-electron chi connectivity index (χ4n) is 3.06. The van der Waals surface area contributed by atoms with Crippen molar-refractivity contribution < 1.29 is 8.83 Å². The Kier molecular flexibility index (Phi) is 5.68. The number of furan rings is 1. The first-order valence-corrected chi connectivity index (χ1v) is 11.3. The van der Waals surface area contributed by atoms with Gasteiger partial charge in [0.25, 0.3) is 0 Å². The van der Waals surface area contributed by atoms with Gasteiger partial charge in [-0.15, -0.1) is 20.4 Å². The molecule has 0 aliphatic carbocycles. The summed E-state index contributed by atoms with van der Waals surface area (Å²) in [6.07, 6.45) is 0. The second-order valence-electron chi connectivity index (χ2n) is 6.64. The van der Waals surface area contributed by atoms with Gasteiger partial charge in [0, 0.05) is 5.56 Å². The molecule has 31 heavy (non-hydrogen) atoms. The quantitative estimate of drug-likeness (QED) is 0.269. The maximum Gasteiger partial charge on any atom is 0.247 e. The van der Waals surface area contributed by atoms with E-state index in [0.29, 0.717) is 40.3 Å². The van der Waals surface area contributed by atoms with Crippen molar-refractivity contribution in [2.45, 2.75) is 17.5 Å². The van der Waals surface area contributed by atoms with Crippen LogP contribution in [0.5, 0.6) is 0 Å². The molecule has 3 aromatic heterocycles. The van der Waals surface area contributed by atoms with Gasteiger partial charge in [0.05, 0.1) is 12.3 Å². The Bertz CT molecular complexity index is 1280. The van der Waals surface area contributed by atoms with Crippen LogP contribution in [0.25, 0.3) is 23.0 Å². The Labute approximate surface area is 190 Å². The summed E-state index contributed by atoms with van der Waals surface area (Å²) < 4.78 is 14.2. The van der Waals surface area contributed by atoms with Crippen molar-refractivity contribution in [3.8, 4) is 23.0 Å². The molecule has 0 bridgehead atoms. The summed E-state index contributed by atoms with van der Waals surface area (Å²) in [5.74, 6) is 2.82. The molecule has 7 nitrogen and oxygen atoms in total. The molecule has 0 unspecified atom stereocenters. The van der Waals surface area contributed by atoms with Gasteiger partial charge in [0.15, 0.2) is 15.6 Å². The van der Waals surface area contributed by atoms with E-state index in [1.807, 2.05) is 65.2 Å². The summed E-state index contributed by atoms with van der Waals surface area (Å²) >= 11 is 4.84. The molecule has 0 saturated heterocycles. The van der Waals surface area contributed by atoms with Gasteiger partial charge in [-0.25, -0.2) is 0 Å². The molecule has 5 aromatic rings. The van der Waals surface area contributed by atoms with Crippen molar-refractivity contribution in [3.05, 3.63) is 88.9 Å². The van der Waals surface area contributed by atoms with Gasteiger partial charge in [0.2, 0.25) is 17.6 Å². The number of aromatic nitrogens is 5. The smallest absolute Gasteiger partial charge is 0.247 e. The lowest BCUT2D eigenvalue weighted by atomic mass is 10.2. The van der Waals surface area contributed by atoms with Crippen LogP contribution in [-0.4, -0.2) is 25.0 Å². The van der Waals surface area contributed by atoms with Crippen molar-refractivity contribution in [3.63, 3.8) is 0 Å². The minimum absolute atomic E-state index is 0.481. The molecular formula is C22H16BrN5O2S. The number of benzene rings is 2. The zero-order valence-corrected chi connectivity index (χ0v) is 18.6. The summed E-state index contributed by atoms with van der Waals surface area (Å²) in [7, 11) is 0. The van der Waals surface area contributed by atoms with Crippen LogP contribution in [0.2, 0.25) is 0 Å². The summed E-state index contributed by atoms with van der Waals surface area (Å²) in [5.41, 5.74) is 2.03. The average molecular weight is 494 g/mol. The molecular weight excluding hydrogens is 478 g/mol. The highest BCUT2D eigenvalue weighted by atomic mass is 79.9. The Morgan fingerprint density at radius 3 is 2.32 bits per heavy atom. The van der Waals surface area contributed by atoms with Crippen LogP contribution < -0.4 is 0 Å². The summed E-state index contributed by atoms with van der Waals surface area (Å²) in [6.45, 7) is 0.614. The number of hydrogen-bond donors (Lipinski definition) is 0. The molecule has 0 N–H and O–H groups in total. The molecule has 0 spiro atoms. The third kappa shape index (κ3) is 4.47. The van der Waals surface area contributed by atoms with E-state index in [4.69, 9.17) is 8.83 Å². The predicted molar refractivity (Wildman–Crippen MR) is 120 cm³/mol. The zero-order chi connectivity index (χ0) is 21.0. The van der Waals surface area contributed by atoms with Crippen LogP contribution >= 0.6 is 27.7 Å². The van der Waals surface area contributed by atoms with Crippen LogP contribution in [0.1, 0.15) is 11.5 Å². The Balaban J connectivity index is 1.40. The third-order valence-corrected chi connectivity index (χ3v) is 5.88. The van der Waals surface area contributed by atoms with Crippen LogP contribution in [0.3, 0.4) is 0 Å². The lowest BCUT2D eigenvalue weighted by molar-refractivity contribution is 0.528. The minimum Gasteiger partial charge on any atom is -0.446 e. The first-order chi connectivity index (χ1) is 15.3. The fourth-order valence-corrected chi connectivity index (χ4v) is 4.14. The van der Waals surface area contributed by atoms with Crippen molar-refractivity contribution in [1.29, 1.82) is 0 Å². The van der Waals surface area contributed by atoms with Gasteiger partial charge in [0.1, 0.15) is 0 Å².